The fourth-order valence-corrected chi connectivity index (χ4v) is 5.30. The zero-order valence-electron chi connectivity index (χ0n) is 13.8. The van der Waals surface area contributed by atoms with Gasteiger partial charge in [0.25, 0.3) is 10.0 Å². The first-order valence-electron chi connectivity index (χ1n) is 7.74. The third kappa shape index (κ3) is 4.63. The molecule has 0 saturated heterocycles. The number of aryl methyl sites for hydroxylation is 1. The van der Waals surface area contributed by atoms with Crippen molar-refractivity contribution in [3.05, 3.63) is 35.0 Å². The van der Waals surface area contributed by atoms with Crippen LogP contribution in [-0.2, 0) is 30.0 Å². The maximum Gasteiger partial charge on any atom is 0.252 e. The highest BCUT2D eigenvalue weighted by atomic mass is 32.2. The molecule has 1 N–H and O–H groups in total. The molecular formula is C15H24N4O2S2. The number of nitrogens with one attached hydrogen (secondary N) is 1. The molecule has 0 aromatic carbocycles. The van der Waals surface area contributed by atoms with Gasteiger partial charge in [0.1, 0.15) is 4.21 Å². The second-order valence-electron chi connectivity index (χ2n) is 5.26. The first-order valence-corrected chi connectivity index (χ1v) is 10.00. The van der Waals surface area contributed by atoms with Crippen molar-refractivity contribution in [1.82, 2.24) is 19.4 Å². The highest BCUT2D eigenvalue weighted by Crippen LogP contribution is 2.25. The summed E-state index contributed by atoms with van der Waals surface area (Å²) in [7, 11) is -1.43. The third-order valence-corrected chi connectivity index (χ3v) is 7.23. The van der Waals surface area contributed by atoms with Crippen LogP contribution in [0.2, 0.25) is 0 Å². The lowest BCUT2D eigenvalue weighted by atomic mass is 10.3. The SMILES string of the molecule is CCN(CC)S(=O)(=O)c1ccc(CCNCc2cnn(C)c2)s1. The van der Waals surface area contributed by atoms with Crippen LogP contribution in [-0.4, -0.2) is 42.1 Å². The van der Waals surface area contributed by atoms with Crippen molar-refractivity contribution in [2.24, 2.45) is 7.05 Å². The summed E-state index contributed by atoms with van der Waals surface area (Å²) in [5, 5.41) is 7.47. The molecule has 23 heavy (non-hydrogen) atoms. The molecule has 0 amide bonds. The molecule has 2 rings (SSSR count). The van der Waals surface area contributed by atoms with Gasteiger partial charge in [-0.2, -0.15) is 9.40 Å². The summed E-state index contributed by atoms with van der Waals surface area (Å²) in [6.07, 6.45) is 4.64. The van der Waals surface area contributed by atoms with Gasteiger partial charge in [0.15, 0.2) is 0 Å². The quantitative estimate of drug-likeness (QED) is 0.696. The lowest BCUT2D eigenvalue weighted by molar-refractivity contribution is 0.447. The van der Waals surface area contributed by atoms with Gasteiger partial charge in [0, 0.05) is 49.9 Å². The molecule has 2 aromatic heterocycles. The first-order chi connectivity index (χ1) is 11.0. The summed E-state index contributed by atoms with van der Waals surface area (Å²) in [5.41, 5.74) is 1.14. The number of hydrogen-bond acceptors (Lipinski definition) is 5. The van der Waals surface area contributed by atoms with E-state index in [0.717, 1.165) is 30.0 Å². The lowest BCUT2D eigenvalue weighted by Gasteiger charge is -2.16. The van der Waals surface area contributed by atoms with E-state index in [-0.39, 0.29) is 0 Å². The minimum absolute atomic E-state index is 0.434. The molecule has 0 fully saturated rings. The van der Waals surface area contributed by atoms with E-state index in [1.165, 1.54) is 15.6 Å². The molecule has 0 aliphatic heterocycles. The van der Waals surface area contributed by atoms with E-state index in [1.54, 1.807) is 10.7 Å². The van der Waals surface area contributed by atoms with Crippen molar-refractivity contribution >= 4 is 21.4 Å². The van der Waals surface area contributed by atoms with Gasteiger partial charge in [-0.05, 0) is 18.6 Å². The van der Waals surface area contributed by atoms with Crippen molar-refractivity contribution < 1.29 is 8.42 Å². The molecule has 0 unspecified atom stereocenters. The smallest absolute Gasteiger partial charge is 0.252 e. The molecule has 0 aliphatic rings. The molecular weight excluding hydrogens is 332 g/mol. The monoisotopic (exact) mass is 356 g/mol. The lowest BCUT2D eigenvalue weighted by Crippen LogP contribution is -2.29. The Bertz CT molecular complexity index is 717. The highest BCUT2D eigenvalue weighted by Gasteiger charge is 2.23. The van der Waals surface area contributed by atoms with E-state index in [1.807, 2.05) is 39.4 Å². The summed E-state index contributed by atoms with van der Waals surface area (Å²) in [6.45, 7) is 6.29. The summed E-state index contributed by atoms with van der Waals surface area (Å²) in [4.78, 5) is 1.08. The third-order valence-electron chi connectivity index (χ3n) is 3.57. The molecule has 0 bridgehead atoms. The van der Waals surface area contributed by atoms with Crippen LogP contribution >= 0.6 is 11.3 Å². The normalized spacial score (nSPS) is 12.2. The average Bonchev–Trinajstić information content (AvgIpc) is 3.14. The van der Waals surface area contributed by atoms with Crippen LogP contribution in [0.3, 0.4) is 0 Å². The molecule has 0 aliphatic carbocycles. The second kappa shape index (κ2) is 8.05. The zero-order chi connectivity index (χ0) is 16.9. The van der Waals surface area contributed by atoms with Gasteiger partial charge in [-0.3, -0.25) is 4.68 Å². The fraction of sp³-hybridized carbons (Fsp3) is 0.533. The molecule has 0 spiro atoms. The van der Waals surface area contributed by atoms with Crippen LogP contribution in [0.5, 0.6) is 0 Å². The molecule has 2 aromatic rings. The summed E-state index contributed by atoms with van der Waals surface area (Å²) in [5.74, 6) is 0. The van der Waals surface area contributed by atoms with Crippen molar-refractivity contribution in [1.29, 1.82) is 0 Å². The Labute approximate surface area is 142 Å². The minimum atomic E-state index is -3.33. The Morgan fingerprint density at radius 1 is 1.30 bits per heavy atom. The zero-order valence-corrected chi connectivity index (χ0v) is 15.5. The van der Waals surface area contributed by atoms with Crippen LogP contribution in [0.4, 0.5) is 0 Å². The number of aromatic nitrogens is 2. The van der Waals surface area contributed by atoms with Gasteiger partial charge in [-0.25, -0.2) is 8.42 Å². The largest absolute Gasteiger partial charge is 0.312 e. The Hall–Kier alpha value is -1.22. The second-order valence-corrected chi connectivity index (χ2v) is 8.59. The number of nitrogens with zero attached hydrogens (tertiary/aromatic N) is 3. The van der Waals surface area contributed by atoms with E-state index in [0.29, 0.717) is 17.3 Å². The van der Waals surface area contributed by atoms with Gasteiger partial charge < -0.3 is 5.32 Å². The van der Waals surface area contributed by atoms with Gasteiger partial charge in [0.2, 0.25) is 0 Å². The van der Waals surface area contributed by atoms with Crippen LogP contribution in [0, 0.1) is 0 Å². The van der Waals surface area contributed by atoms with Crippen LogP contribution in [0.15, 0.2) is 28.7 Å². The fourth-order valence-electron chi connectivity index (χ4n) is 2.33. The summed E-state index contributed by atoms with van der Waals surface area (Å²) >= 11 is 1.36. The first kappa shape index (κ1) is 18.1. The Kier molecular flexibility index (Phi) is 6.34. The van der Waals surface area contributed by atoms with Gasteiger partial charge in [0.05, 0.1) is 6.20 Å². The van der Waals surface area contributed by atoms with Crippen molar-refractivity contribution in [3.63, 3.8) is 0 Å². The number of rotatable bonds is 9. The highest BCUT2D eigenvalue weighted by molar-refractivity contribution is 7.91. The molecule has 0 saturated carbocycles. The minimum Gasteiger partial charge on any atom is -0.312 e. The average molecular weight is 357 g/mol. The Balaban J connectivity index is 1.87. The summed E-state index contributed by atoms with van der Waals surface area (Å²) in [6, 6.07) is 3.63. The molecule has 8 heteroatoms. The standard InChI is InChI=1S/C15H24N4O2S2/c1-4-19(5-2)23(20,21)15-7-6-14(22-15)8-9-16-10-13-11-17-18(3)12-13/h6-7,11-12,16H,4-5,8-10H2,1-3H3. The van der Waals surface area contributed by atoms with E-state index in [9.17, 15) is 8.42 Å². The number of thiophene rings is 1. The van der Waals surface area contributed by atoms with E-state index >= 15 is 0 Å². The topological polar surface area (TPSA) is 67.2 Å². The Morgan fingerprint density at radius 3 is 2.65 bits per heavy atom. The van der Waals surface area contributed by atoms with Crippen LogP contribution in [0.1, 0.15) is 24.3 Å². The van der Waals surface area contributed by atoms with Crippen LogP contribution in [0.25, 0.3) is 0 Å². The molecule has 6 nitrogen and oxygen atoms in total. The van der Waals surface area contributed by atoms with Crippen molar-refractivity contribution in [2.45, 2.75) is 31.0 Å². The maximum absolute atomic E-state index is 12.4. The maximum atomic E-state index is 12.4. The van der Waals surface area contributed by atoms with E-state index in [2.05, 4.69) is 10.4 Å². The van der Waals surface area contributed by atoms with E-state index < -0.39 is 10.0 Å². The van der Waals surface area contributed by atoms with Crippen LogP contribution < -0.4 is 5.32 Å². The molecule has 2 heterocycles. The Morgan fingerprint density at radius 2 is 2.04 bits per heavy atom. The van der Waals surface area contributed by atoms with E-state index in [4.69, 9.17) is 0 Å². The predicted octanol–water partition coefficient (Wildman–Crippen LogP) is 1.84. The van der Waals surface area contributed by atoms with Gasteiger partial charge >= 0.3 is 0 Å². The molecule has 128 valence electrons. The molecule has 0 atom stereocenters. The number of hydrogen-bond donors (Lipinski definition) is 1. The number of sulfonamides is 1. The van der Waals surface area contributed by atoms with Gasteiger partial charge in [-0.15, -0.1) is 11.3 Å². The van der Waals surface area contributed by atoms with Gasteiger partial charge in [-0.1, -0.05) is 13.8 Å². The van der Waals surface area contributed by atoms with Crippen molar-refractivity contribution in [3.8, 4) is 0 Å². The summed E-state index contributed by atoms with van der Waals surface area (Å²) < 4.78 is 28.6. The van der Waals surface area contributed by atoms with Crippen molar-refractivity contribution in [2.75, 3.05) is 19.6 Å². The molecule has 0 radical (unpaired) electrons. The predicted molar refractivity (Wildman–Crippen MR) is 93.0 cm³/mol.